The van der Waals surface area contributed by atoms with E-state index in [0.717, 1.165) is 32.2 Å². The van der Waals surface area contributed by atoms with Crippen LogP contribution in [0.15, 0.2) is 24.3 Å². The van der Waals surface area contributed by atoms with Gasteiger partial charge < -0.3 is 15.7 Å². The number of nitrogens with two attached hydrogens (primary N) is 1. The molecular formula is C18H28N2O. The fourth-order valence-corrected chi connectivity index (χ4v) is 4.20. The van der Waals surface area contributed by atoms with Gasteiger partial charge in [0, 0.05) is 24.8 Å². The molecule has 3 nitrogen and oxygen atoms in total. The van der Waals surface area contributed by atoms with Crippen LogP contribution < -0.4 is 10.6 Å². The second kappa shape index (κ2) is 5.98. The molecule has 21 heavy (non-hydrogen) atoms. The SMILES string of the molecule is CC1CCc2ccccc2N1CCC1CCCC1(O)CN. The molecule has 2 aliphatic rings. The van der Waals surface area contributed by atoms with Gasteiger partial charge in [-0.05, 0) is 56.6 Å². The fourth-order valence-electron chi connectivity index (χ4n) is 4.20. The van der Waals surface area contributed by atoms with Gasteiger partial charge in [0.1, 0.15) is 0 Å². The molecule has 3 atom stereocenters. The maximum absolute atomic E-state index is 10.6. The van der Waals surface area contributed by atoms with Gasteiger partial charge in [-0.15, -0.1) is 0 Å². The summed E-state index contributed by atoms with van der Waals surface area (Å²) in [4.78, 5) is 2.54. The summed E-state index contributed by atoms with van der Waals surface area (Å²) in [7, 11) is 0. The quantitative estimate of drug-likeness (QED) is 0.895. The Morgan fingerprint density at radius 2 is 2.14 bits per heavy atom. The number of hydrogen-bond acceptors (Lipinski definition) is 3. The standard InChI is InChI=1S/C18H28N2O/c1-14-8-9-15-5-2-3-7-17(15)20(14)12-10-16-6-4-11-18(16,21)13-19/h2-3,5,7,14,16,21H,4,6,8-13,19H2,1H3. The summed E-state index contributed by atoms with van der Waals surface area (Å²) in [6.45, 7) is 3.76. The molecule has 0 spiro atoms. The van der Waals surface area contributed by atoms with Gasteiger partial charge in [0.15, 0.2) is 0 Å². The molecule has 0 radical (unpaired) electrons. The van der Waals surface area contributed by atoms with Gasteiger partial charge in [0.05, 0.1) is 5.60 Å². The van der Waals surface area contributed by atoms with E-state index >= 15 is 0 Å². The molecule has 3 heteroatoms. The number of benzene rings is 1. The summed E-state index contributed by atoms with van der Waals surface area (Å²) < 4.78 is 0. The molecule has 0 aromatic heterocycles. The van der Waals surface area contributed by atoms with Crippen LogP contribution in [-0.4, -0.2) is 29.8 Å². The van der Waals surface area contributed by atoms with Crippen molar-refractivity contribution in [2.24, 2.45) is 11.7 Å². The summed E-state index contributed by atoms with van der Waals surface area (Å²) in [5.74, 6) is 0.365. The lowest BCUT2D eigenvalue weighted by Gasteiger charge is -2.39. The van der Waals surface area contributed by atoms with Crippen molar-refractivity contribution < 1.29 is 5.11 Å². The zero-order valence-corrected chi connectivity index (χ0v) is 13.1. The lowest BCUT2D eigenvalue weighted by Crippen LogP contribution is -2.44. The van der Waals surface area contributed by atoms with Gasteiger partial charge in [0.25, 0.3) is 0 Å². The van der Waals surface area contributed by atoms with Crippen LogP contribution in [0.4, 0.5) is 5.69 Å². The summed E-state index contributed by atoms with van der Waals surface area (Å²) >= 11 is 0. The van der Waals surface area contributed by atoms with Crippen LogP contribution in [0.3, 0.4) is 0 Å². The predicted octanol–water partition coefficient (Wildman–Crippen LogP) is 2.71. The second-order valence-corrected chi connectivity index (χ2v) is 6.90. The van der Waals surface area contributed by atoms with Gasteiger partial charge in [-0.25, -0.2) is 0 Å². The third kappa shape index (κ3) is 2.82. The molecule has 1 fully saturated rings. The third-order valence-electron chi connectivity index (χ3n) is 5.66. The molecule has 1 saturated carbocycles. The van der Waals surface area contributed by atoms with Crippen LogP contribution in [0.1, 0.15) is 44.6 Å². The predicted molar refractivity (Wildman–Crippen MR) is 87.5 cm³/mol. The highest BCUT2D eigenvalue weighted by Crippen LogP contribution is 2.38. The Morgan fingerprint density at radius 3 is 2.95 bits per heavy atom. The lowest BCUT2D eigenvalue weighted by atomic mass is 9.87. The number of fused-ring (bicyclic) bond motifs is 1. The van der Waals surface area contributed by atoms with Crippen LogP contribution in [0, 0.1) is 5.92 Å². The third-order valence-corrected chi connectivity index (χ3v) is 5.66. The Balaban J connectivity index is 1.70. The Kier molecular flexibility index (Phi) is 4.23. The van der Waals surface area contributed by atoms with E-state index in [2.05, 4.69) is 36.1 Å². The minimum Gasteiger partial charge on any atom is -0.388 e. The van der Waals surface area contributed by atoms with Gasteiger partial charge in [-0.2, -0.15) is 0 Å². The number of anilines is 1. The van der Waals surface area contributed by atoms with E-state index in [4.69, 9.17) is 5.73 Å². The molecule has 1 aromatic rings. The Morgan fingerprint density at radius 1 is 1.33 bits per heavy atom. The first-order chi connectivity index (χ1) is 10.1. The van der Waals surface area contributed by atoms with Crippen molar-refractivity contribution in [3.05, 3.63) is 29.8 Å². The van der Waals surface area contributed by atoms with E-state index in [9.17, 15) is 5.11 Å². The van der Waals surface area contributed by atoms with Gasteiger partial charge in [-0.3, -0.25) is 0 Å². The van der Waals surface area contributed by atoms with Crippen molar-refractivity contribution in [3.8, 4) is 0 Å². The fraction of sp³-hybridized carbons (Fsp3) is 0.667. The molecule has 116 valence electrons. The zero-order chi connectivity index (χ0) is 14.9. The molecule has 1 aromatic carbocycles. The highest BCUT2D eigenvalue weighted by molar-refractivity contribution is 5.56. The van der Waals surface area contributed by atoms with E-state index in [1.165, 1.54) is 24.1 Å². The average molecular weight is 288 g/mol. The zero-order valence-electron chi connectivity index (χ0n) is 13.1. The normalized spacial score (nSPS) is 32.2. The highest BCUT2D eigenvalue weighted by atomic mass is 16.3. The van der Waals surface area contributed by atoms with Crippen LogP contribution >= 0.6 is 0 Å². The van der Waals surface area contributed by atoms with Crippen molar-refractivity contribution in [3.63, 3.8) is 0 Å². The summed E-state index contributed by atoms with van der Waals surface area (Å²) in [6.07, 6.45) is 6.57. The lowest BCUT2D eigenvalue weighted by molar-refractivity contribution is 0.00870. The van der Waals surface area contributed by atoms with Crippen molar-refractivity contribution in [2.45, 2.75) is 57.1 Å². The Labute approximate surface area is 128 Å². The van der Waals surface area contributed by atoms with Crippen molar-refractivity contribution >= 4 is 5.69 Å². The van der Waals surface area contributed by atoms with Crippen molar-refractivity contribution in [2.75, 3.05) is 18.0 Å². The number of nitrogens with zero attached hydrogens (tertiary/aromatic N) is 1. The van der Waals surface area contributed by atoms with Gasteiger partial charge in [-0.1, -0.05) is 24.6 Å². The van der Waals surface area contributed by atoms with E-state index in [0.29, 0.717) is 18.5 Å². The molecule has 0 bridgehead atoms. The van der Waals surface area contributed by atoms with Gasteiger partial charge in [0.2, 0.25) is 0 Å². The summed E-state index contributed by atoms with van der Waals surface area (Å²) in [6, 6.07) is 9.36. The summed E-state index contributed by atoms with van der Waals surface area (Å²) in [5, 5.41) is 10.6. The number of hydrogen-bond donors (Lipinski definition) is 2. The van der Waals surface area contributed by atoms with E-state index in [1.54, 1.807) is 0 Å². The van der Waals surface area contributed by atoms with E-state index < -0.39 is 5.60 Å². The van der Waals surface area contributed by atoms with E-state index in [1.807, 2.05) is 0 Å². The maximum Gasteiger partial charge on any atom is 0.0798 e. The Bertz CT molecular complexity index is 490. The monoisotopic (exact) mass is 288 g/mol. The van der Waals surface area contributed by atoms with Crippen LogP contribution in [-0.2, 0) is 6.42 Å². The molecule has 0 saturated heterocycles. The minimum absolute atomic E-state index is 0.365. The first-order valence-corrected chi connectivity index (χ1v) is 8.41. The highest BCUT2D eigenvalue weighted by Gasteiger charge is 2.40. The second-order valence-electron chi connectivity index (χ2n) is 6.90. The number of aliphatic hydroxyl groups is 1. The maximum atomic E-state index is 10.6. The van der Waals surface area contributed by atoms with Crippen LogP contribution in [0.25, 0.3) is 0 Å². The molecule has 0 amide bonds. The Hall–Kier alpha value is -1.06. The molecule has 3 unspecified atom stereocenters. The summed E-state index contributed by atoms with van der Waals surface area (Å²) in [5.41, 5.74) is 8.06. The first kappa shape index (κ1) is 14.9. The first-order valence-electron chi connectivity index (χ1n) is 8.41. The number of para-hydroxylation sites is 1. The largest absolute Gasteiger partial charge is 0.388 e. The molecule has 1 aliphatic carbocycles. The van der Waals surface area contributed by atoms with Crippen LogP contribution in [0.5, 0.6) is 0 Å². The molecule has 3 rings (SSSR count). The number of aryl methyl sites for hydroxylation is 1. The number of rotatable bonds is 4. The van der Waals surface area contributed by atoms with Crippen molar-refractivity contribution in [1.82, 2.24) is 0 Å². The smallest absolute Gasteiger partial charge is 0.0798 e. The molecule has 3 N–H and O–H groups in total. The van der Waals surface area contributed by atoms with Crippen molar-refractivity contribution in [1.29, 1.82) is 0 Å². The molecular weight excluding hydrogens is 260 g/mol. The topological polar surface area (TPSA) is 49.5 Å². The van der Waals surface area contributed by atoms with Gasteiger partial charge >= 0.3 is 0 Å². The average Bonchev–Trinajstić information content (AvgIpc) is 2.88. The minimum atomic E-state index is -0.613. The van der Waals surface area contributed by atoms with Crippen LogP contribution in [0.2, 0.25) is 0 Å². The van der Waals surface area contributed by atoms with E-state index in [-0.39, 0.29) is 0 Å². The molecule has 1 heterocycles. The molecule has 1 aliphatic heterocycles.